The van der Waals surface area contributed by atoms with E-state index in [1.807, 2.05) is 24.3 Å². The number of rotatable bonds is 3. The molecular formula is C12H12N2O2. The molecule has 0 atom stereocenters. The molecule has 0 fully saturated rings. The van der Waals surface area contributed by atoms with Crippen LogP contribution >= 0.6 is 0 Å². The molecule has 2 aromatic rings. The first-order valence-corrected chi connectivity index (χ1v) is 4.88. The lowest BCUT2D eigenvalue weighted by atomic mass is 10.1. The molecule has 82 valence electrons. The minimum Gasteiger partial charge on any atom is -0.496 e. The maximum Gasteiger partial charge on any atom is 0.168 e. The zero-order valence-electron chi connectivity index (χ0n) is 9.18. The number of nitrogens with zero attached hydrogens (tertiary/aromatic N) is 2. The van der Waals surface area contributed by atoms with Crippen LogP contribution in [0, 0.1) is 0 Å². The summed E-state index contributed by atoms with van der Waals surface area (Å²) in [6, 6.07) is 7.55. The van der Waals surface area contributed by atoms with Gasteiger partial charge >= 0.3 is 0 Å². The molecule has 4 heteroatoms. The second-order valence-electron chi connectivity index (χ2n) is 3.39. The Hall–Kier alpha value is -2.10. The Bertz CT molecular complexity index is 517. The van der Waals surface area contributed by atoms with Crippen molar-refractivity contribution in [1.82, 2.24) is 9.78 Å². The summed E-state index contributed by atoms with van der Waals surface area (Å²) < 4.78 is 6.81. The van der Waals surface area contributed by atoms with Crippen LogP contribution < -0.4 is 4.74 Å². The van der Waals surface area contributed by atoms with Gasteiger partial charge in [0.05, 0.1) is 13.3 Å². The smallest absolute Gasteiger partial charge is 0.168 e. The summed E-state index contributed by atoms with van der Waals surface area (Å²) in [5, 5.41) is 4.07. The van der Waals surface area contributed by atoms with Crippen LogP contribution in [-0.2, 0) is 7.05 Å². The molecular weight excluding hydrogens is 204 g/mol. The van der Waals surface area contributed by atoms with Crippen molar-refractivity contribution in [1.29, 1.82) is 0 Å². The average molecular weight is 216 g/mol. The Morgan fingerprint density at radius 2 is 2.06 bits per heavy atom. The van der Waals surface area contributed by atoms with Gasteiger partial charge in [-0.1, -0.05) is 18.2 Å². The average Bonchev–Trinajstić information content (AvgIpc) is 2.70. The highest BCUT2D eigenvalue weighted by Crippen LogP contribution is 2.30. The van der Waals surface area contributed by atoms with Gasteiger partial charge in [0.15, 0.2) is 6.29 Å². The Labute approximate surface area is 93.5 Å². The molecule has 0 spiro atoms. The number of carbonyl (C=O) groups excluding carboxylic acids is 1. The third kappa shape index (κ3) is 1.58. The van der Waals surface area contributed by atoms with Crippen molar-refractivity contribution in [3.8, 4) is 16.9 Å². The Morgan fingerprint density at radius 3 is 2.75 bits per heavy atom. The van der Waals surface area contributed by atoms with Crippen LogP contribution in [0.3, 0.4) is 0 Å². The second-order valence-corrected chi connectivity index (χ2v) is 3.39. The fourth-order valence-corrected chi connectivity index (χ4v) is 1.66. The van der Waals surface area contributed by atoms with Crippen LogP contribution in [0.1, 0.15) is 10.5 Å². The molecule has 0 unspecified atom stereocenters. The highest BCUT2D eigenvalue weighted by molar-refractivity contribution is 5.87. The van der Waals surface area contributed by atoms with E-state index in [-0.39, 0.29) is 0 Å². The number of aldehydes is 1. The molecule has 0 bridgehead atoms. The van der Waals surface area contributed by atoms with E-state index in [0.717, 1.165) is 23.2 Å². The van der Waals surface area contributed by atoms with Crippen LogP contribution in [0.2, 0.25) is 0 Å². The summed E-state index contributed by atoms with van der Waals surface area (Å²) in [5.74, 6) is 0.735. The third-order valence-corrected chi connectivity index (χ3v) is 2.49. The fraction of sp³-hybridized carbons (Fsp3) is 0.167. The van der Waals surface area contributed by atoms with Gasteiger partial charge in [0, 0.05) is 18.2 Å². The molecule has 0 radical (unpaired) electrons. The lowest BCUT2D eigenvalue weighted by Gasteiger charge is -2.06. The number of aromatic nitrogens is 2. The predicted molar refractivity (Wildman–Crippen MR) is 60.6 cm³/mol. The second kappa shape index (κ2) is 4.18. The number of hydrogen-bond acceptors (Lipinski definition) is 3. The van der Waals surface area contributed by atoms with Crippen molar-refractivity contribution < 1.29 is 9.53 Å². The SMILES string of the molecule is COc1ccccc1-c1cnn(C)c1C=O. The van der Waals surface area contributed by atoms with Crippen LogP contribution in [-0.4, -0.2) is 23.2 Å². The molecule has 4 nitrogen and oxygen atoms in total. The van der Waals surface area contributed by atoms with Gasteiger partial charge in [-0.3, -0.25) is 9.48 Å². The van der Waals surface area contributed by atoms with Gasteiger partial charge in [-0.15, -0.1) is 0 Å². The molecule has 0 N–H and O–H groups in total. The predicted octanol–water partition coefficient (Wildman–Crippen LogP) is 1.91. The van der Waals surface area contributed by atoms with Gasteiger partial charge < -0.3 is 4.74 Å². The van der Waals surface area contributed by atoms with Gasteiger partial charge in [-0.2, -0.15) is 5.10 Å². The summed E-state index contributed by atoms with van der Waals surface area (Å²) in [4.78, 5) is 11.0. The van der Waals surface area contributed by atoms with Crippen LogP contribution in [0.15, 0.2) is 30.5 Å². The summed E-state index contributed by atoms with van der Waals surface area (Å²) in [6.07, 6.45) is 2.47. The molecule has 0 saturated heterocycles. The quantitative estimate of drug-likeness (QED) is 0.736. The lowest BCUT2D eigenvalue weighted by Crippen LogP contribution is -1.97. The fourth-order valence-electron chi connectivity index (χ4n) is 1.66. The van der Waals surface area contributed by atoms with Crippen molar-refractivity contribution in [3.05, 3.63) is 36.2 Å². The molecule has 0 aliphatic carbocycles. The number of aryl methyl sites for hydroxylation is 1. The number of carbonyl (C=O) groups is 1. The standard InChI is InChI=1S/C12H12N2O2/c1-14-11(8-15)10(7-13-14)9-5-3-4-6-12(9)16-2/h3-8H,1-2H3. The van der Waals surface area contributed by atoms with Crippen LogP contribution in [0.25, 0.3) is 11.1 Å². The number of hydrogen-bond donors (Lipinski definition) is 0. The third-order valence-electron chi connectivity index (χ3n) is 2.49. The Balaban J connectivity index is 2.62. The van der Waals surface area contributed by atoms with E-state index >= 15 is 0 Å². The molecule has 1 aromatic carbocycles. The maximum atomic E-state index is 11.0. The summed E-state index contributed by atoms with van der Waals surface area (Å²) in [5.41, 5.74) is 2.21. The van der Waals surface area contributed by atoms with E-state index in [1.165, 1.54) is 0 Å². The van der Waals surface area contributed by atoms with Crippen LogP contribution in [0.4, 0.5) is 0 Å². The number of benzene rings is 1. The van der Waals surface area contributed by atoms with E-state index in [2.05, 4.69) is 5.10 Å². The van der Waals surface area contributed by atoms with Crippen molar-refractivity contribution >= 4 is 6.29 Å². The highest BCUT2D eigenvalue weighted by Gasteiger charge is 2.13. The van der Waals surface area contributed by atoms with Crippen LogP contribution in [0.5, 0.6) is 5.75 Å². The van der Waals surface area contributed by atoms with Crippen molar-refractivity contribution in [2.75, 3.05) is 7.11 Å². The molecule has 0 amide bonds. The zero-order chi connectivity index (χ0) is 11.5. The lowest BCUT2D eigenvalue weighted by molar-refractivity contribution is 0.111. The van der Waals surface area contributed by atoms with Gasteiger partial charge in [0.2, 0.25) is 0 Å². The minimum absolute atomic E-state index is 0.546. The first kappa shape index (κ1) is 10.4. The van der Waals surface area contributed by atoms with Crippen molar-refractivity contribution in [2.45, 2.75) is 0 Å². The van der Waals surface area contributed by atoms with Gasteiger partial charge in [0.1, 0.15) is 11.4 Å². The first-order chi connectivity index (χ1) is 7.77. The number of ether oxygens (including phenoxy) is 1. The normalized spacial score (nSPS) is 10.1. The van der Waals surface area contributed by atoms with E-state index < -0.39 is 0 Å². The molecule has 16 heavy (non-hydrogen) atoms. The van der Waals surface area contributed by atoms with E-state index in [9.17, 15) is 4.79 Å². The van der Waals surface area contributed by atoms with E-state index in [4.69, 9.17) is 4.74 Å². The van der Waals surface area contributed by atoms with Crippen molar-refractivity contribution in [2.24, 2.45) is 7.05 Å². The maximum absolute atomic E-state index is 11.0. The molecule has 1 aromatic heterocycles. The monoisotopic (exact) mass is 216 g/mol. The molecule has 1 heterocycles. The largest absolute Gasteiger partial charge is 0.496 e. The highest BCUT2D eigenvalue weighted by atomic mass is 16.5. The Kier molecular flexibility index (Phi) is 2.72. The summed E-state index contributed by atoms with van der Waals surface area (Å²) >= 11 is 0. The van der Waals surface area contributed by atoms with E-state index in [1.54, 1.807) is 25.0 Å². The number of para-hydroxylation sites is 1. The summed E-state index contributed by atoms with van der Waals surface area (Å²) in [7, 11) is 3.35. The topological polar surface area (TPSA) is 44.1 Å². The van der Waals surface area contributed by atoms with Gasteiger partial charge in [-0.25, -0.2) is 0 Å². The molecule has 0 aliphatic rings. The van der Waals surface area contributed by atoms with E-state index in [0.29, 0.717) is 5.69 Å². The summed E-state index contributed by atoms with van der Waals surface area (Å²) in [6.45, 7) is 0. The zero-order valence-corrected chi connectivity index (χ0v) is 9.18. The van der Waals surface area contributed by atoms with Crippen molar-refractivity contribution in [3.63, 3.8) is 0 Å². The molecule has 0 aliphatic heterocycles. The number of methoxy groups -OCH3 is 1. The van der Waals surface area contributed by atoms with Gasteiger partial charge in [-0.05, 0) is 6.07 Å². The first-order valence-electron chi connectivity index (χ1n) is 4.88. The molecule has 0 saturated carbocycles. The van der Waals surface area contributed by atoms with Gasteiger partial charge in [0.25, 0.3) is 0 Å². The Morgan fingerprint density at radius 1 is 1.31 bits per heavy atom. The molecule has 2 rings (SSSR count). The minimum atomic E-state index is 0.546.